The van der Waals surface area contributed by atoms with Crippen LogP contribution in [0.3, 0.4) is 0 Å². The number of carbonyl (C=O) groups is 1. The maximum absolute atomic E-state index is 12.3. The molecule has 5 nitrogen and oxygen atoms in total. The number of nitriles is 1. The lowest BCUT2D eigenvalue weighted by atomic mass is 10.0. The van der Waals surface area contributed by atoms with Crippen LogP contribution in [0.2, 0.25) is 0 Å². The van der Waals surface area contributed by atoms with Gasteiger partial charge in [-0.1, -0.05) is 38.1 Å². The van der Waals surface area contributed by atoms with E-state index in [0.717, 1.165) is 43.5 Å². The number of carbonyl (C=O) groups excluding carboxylic acids is 1. The number of piperazine rings is 1. The van der Waals surface area contributed by atoms with Crippen molar-refractivity contribution in [1.82, 2.24) is 4.90 Å². The fraction of sp³-hybridized carbons (Fsp3) is 0.450. The van der Waals surface area contributed by atoms with E-state index in [2.05, 4.69) is 54.1 Å². The van der Waals surface area contributed by atoms with E-state index >= 15 is 0 Å². The maximum Gasteiger partial charge on any atom is 0.286 e. The average Bonchev–Trinajstić information content (AvgIpc) is 3.01. The van der Waals surface area contributed by atoms with Gasteiger partial charge in [0.2, 0.25) is 0 Å². The van der Waals surface area contributed by atoms with Crippen molar-refractivity contribution < 1.29 is 9.69 Å². The monoisotopic (exact) mass is 369 g/mol. The average molecular weight is 370 g/mol. The molecule has 0 bridgehead atoms. The predicted octanol–water partition coefficient (Wildman–Crippen LogP) is 1.89. The number of hydrogen-bond donors (Lipinski definition) is 1. The third kappa shape index (κ3) is 4.54. The molecule has 1 aromatic carbocycles. The molecule has 1 amide bonds. The summed E-state index contributed by atoms with van der Waals surface area (Å²) < 4.78 is 0. The molecule has 0 saturated carbocycles. The van der Waals surface area contributed by atoms with Crippen LogP contribution in [0.15, 0.2) is 34.2 Å². The van der Waals surface area contributed by atoms with E-state index in [9.17, 15) is 4.79 Å². The van der Waals surface area contributed by atoms with Gasteiger partial charge in [-0.05, 0) is 34.9 Å². The molecular weight excluding hydrogens is 344 g/mol. The van der Waals surface area contributed by atoms with Gasteiger partial charge in [-0.25, -0.2) is 0 Å². The van der Waals surface area contributed by atoms with Crippen molar-refractivity contribution in [3.8, 4) is 6.07 Å². The zero-order valence-corrected chi connectivity index (χ0v) is 16.2. The summed E-state index contributed by atoms with van der Waals surface area (Å²) in [6, 6.07) is 10.6. The van der Waals surface area contributed by atoms with Gasteiger partial charge >= 0.3 is 0 Å². The highest BCUT2D eigenvalue weighted by Crippen LogP contribution is 2.30. The van der Waals surface area contributed by atoms with Gasteiger partial charge in [-0.2, -0.15) is 10.3 Å². The number of amides is 1. The topological polar surface area (TPSA) is 60.9 Å². The van der Waals surface area contributed by atoms with Crippen LogP contribution in [0.1, 0.15) is 37.3 Å². The van der Waals surface area contributed by atoms with Crippen molar-refractivity contribution in [1.29, 1.82) is 5.26 Å². The largest absolute Gasteiger partial charge is 0.339 e. The molecule has 0 aliphatic carbocycles. The van der Waals surface area contributed by atoms with Crippen molar-refractivity contribution in [3.05, 3.63) is 40.3 Å². The van der Waals surface area contributed by atoms with Crippen molar-refractivity contribution in [2.45, 2.75) is 26.2 Å². The van der Waals surface area contributed by atoms with Gasteiger partial charge in [0.25, 0.3) is 5.91 Å². The molecule has 2 aliphatic heterocycles. The van der Waals surface area contributed by atoms with Gasteiger partial charge in [-0.3, -0.25) is 4.79 Å². The van der Waals surface area contributed by atoms with Crippen LogP contribution in [0.5, 0.6) is 0 Å². The Labute approximate surface area is 159 Å². The third-order valence-electron chi connectivity index (χ3n) is 4.84. The minimum Gasteiger partial charge on any atom is -0.339 e. The first-order valence-corrected chi connectivity index (χ1v) is 9.96. The van der Waals surface area contributed by atoms with Crippen LogP contribution in [-0.4, -0.2) is 48.7 Å². The molecule has 6 heteroatoms. The fourth-order valence-corrected chi connectivity index (χ4v) is 4.12. The molecule has 1 aromatic rings. The molecule has 2 heterocycles. The number of amidine groups is 1. The lowest BCUT2D eigenvalue weighted by molar-refractivity contribution is -0.903. The molecule has 0 radical (unpaired) electrons. The Kier molecular flexibility index (Phi) is 6.12. The highest BCUT2D eigenvalue weighted by Gasteiger charge is 2.29. The van der Waals surface area contributed by atoms with Crippen LogP contribution in [-0.2, 0) is 4.79 Å². The Morgan fingerprint density at radius 3 is 2.62 bits per heavy atom. The Morgan fingerprint density at radius 2 is 2.00 bits per heavy atom. The third-order valence-corrected chi connectivity index (χ3v) is 5.89. The molecule has 1 fully saturated rings. The van der Waals surface area contributed by atoms with Gasteiger partial charge in [0.1, 0.15) is 0 Å². The van der Waals surface area contributed by atoms with E-state index in [1.807, 2.05) is 6.08 Å². The van der Waals surface area contributed by atoms with E-state index < -0.39 is 0 Å². The first-order valence-electron chi connectivity index (χ1n) is 9.15. The van der Waals surface area contributed by atoms with Crippen molar-refractivity contribution in [2.24, 2.45) is 4.99 Å². The van der Waals surface area contributed by atoms with E-state index in [-0.39, 0.29) is 5.91 Å². The van der Waals surface area contributed by atoms with Gasteiger partial charge in [-0.15, -0.1) is 0 Å². The SMILES string of the molecule is CC(C)c1ccc(/C=C2/SC(N3CC[NH+](CCC#N)CC3)=NC2=O)cc1. The number of hydrogen-bond acceptors (Lipinski definition) is 4. The summed E-state index contributed by atoms with van der Waals surface area (Å²) in [4.78, 5) is 20.9. The lowest BCUT2D eigenvalue weighted by Gasteiger charge is -2.32. The molecule has 26 heavy (non-hydrogen) atoms. The summed E-state index contributed by atoms with van der Waals surface area (Å²) in [5.74, 6) is 0.361. The Balaban J connectivity index is 1.60. The quantitative estimate of drug-likeness (QED) is 0.824. The maximum atomic E-state index is 12.3. The van der Waals surface area contributed by atoms with E-state index in [1.54, 1.807) is 0 Å². The number of rotatable bonds is 4. The molecule has 0 atom stereocenters. The highest BCUT2D eigenvalue weighted by atomic mass is 32.2. The number of quaternary nitrogens is 1. The van der Waals surface area contributed by atoms with Crippen molar-refractivity contribution in [2.75, 3.05) is 32.7 Å². The van der Waals surface area contributed by atoms with Gasteiger partial charge in [0, 0.05) is 0 Å². The molecule has 1 N–H and O–H groups in total. The molecule has 136 valence electrons. The van der Waals surface area contributed by atoms with Crippen molar-refractivity contribution >= 4 is 28.9 Å². The second-order valence-corrected chi connectivity index (χ2v) is 8.04. The molecule has 2 aliphatic rings. The zero-order valence-electron chi connectivity index (χ0n) is 15.4. The fourth-order valence-electron chi connectivity index (χ4n) is 3.16. The molecular formula is C20H25N4OS+. The Morgan fingerprint density at radius 1 is 1.31 bits per heavy atom. The van der Waals surface area contributed by atoms with Gasteiger partial charge in [0.15, 0.2) is 5.17 Å². The summed E-state index contributed by atoms with van der Waals surface area (Å²) in [6.45, 7) is 9.00. The molecule has 0 aromatic heterocycles. The van der Waals surface area contributed by atoms with Crippen LogP contribution >= 0.6 is 11.8 Å². The minimum absolute atomic E-state index is 0.141. The summed E-state index contributed by atoms with van der Waals surface area (Å²) in [5, 5.41) is 9.52. The summed E-state index contributed by atoms with van der Waals surface area (Å²) in [5.41, 5.74) is 2.33. The number of aliphatic imine (C=N–C) groups is 1. The van der Waals surface area contributed by atoms with Crippen LogP contribution in [0.4, 0.5) is 0 Å². The van der Waals surface area contributed by atoms with E-state index in [1.165, 1.54) is 22.2 Å². The van der Waals surface area contributed by atoms with Crippen LogP contribution < -0.4 is 4.90 Å². The van der Waals surface area contributed by atoms with Gasteiger partial charge in [0.05, 0.1) is 50.1 Å². The normalized spacial score (nSPS) is 19.9. The highest BCUT2D eigenvalue weighted by molar-refractivity contribution is 8.18. The molecule has 0 unspecified atom stereocenters. The molecule has 3 rings (SSSR count). The Bertz CT molecular complexity index is 753. The number of nitrogens with one attached hydrogen (secondary N) is 1. The summed E-state index contributed by atoms with van der Waals surface area (Å²) in [6.07, 6.45) is 2.54. The Hall–Kier alpha value is -2.10. The standard InChI is InChI=1S/C20H24N4OS/c1-15(2)17-6-4-16(5-7-17)14-18-19(25)22-20(26-18)24-12-10-23(11-13-24)9-3-8-21/h4-7,14-15H,3,9-13H2,1-2H3/p+1/b18-14+. The summed E-state index contributed by atoms with van der Waals surface area (Å²) >= 11 is 1.48. The first-order chi connectivity index (χ1) is 12.6. The second kappa shape index (κ2) is 8.52. The number of nitrogens with zero attached hydrogens (tertiary/aromatic N) is 3. The lowest BCUT2D eigenvalue weighted by Crippen LogP contribution is -3.14. The van der Waals surface area contributed by atoms with E-state index in [0.29, 0.717) is 17.2 Å². The first kappa shape index (κ1) is 18.7. The number of thioether (sulfide) groups is 1. The zero-order chi connectivity index (χ0) is 18.5. The molecule has 0 spiro atoms. The van der Waals surface area contributed by atoms with Gasteiger partial charge < -0.3 is 9.80 Å². The smallest absolute Gasteiger partial charge is 0.286 e. The van der Waals surface area contributed by atoms with E-state index in [4.69, 9.17) is 5.26 Å². The predicted molar refractivity (Wildman–Crippen MR) is 106 cm³/mol. The number of benzene rings is 1. The molecule has 1 saturated heterocycles. The summed E-state index contributed by atoms with van der Waals surface area (Å²) in [7, 11) is 0. The van der Waals surface area contributed by atoms with Crippen molar-refractivity contribution in [3.63, 3.8) is 0 Å². The minimum atomic E-state index is -0.141. The second-order valence-electron chi connectivity index (χ2n) is 7.03. The van der Waals surface area contributed by atoms with Crippen LogP contribution in [0, 0.1) is 11.3 Å². The van der Waals surface area contributed by atoms with Crippen LogP contribution in [0.25, 0.3) is 6.08 Å².